The van der Waals surface area contributed by atoms with Crippen LogP contribution in [-0.4, -0.2) is 10.8 Å². The molecule has 1 aliphatic carbocycles. The van der Waals surface area contributed by atoms with Crippen molar-refractivity contribution in [2.75, 3.05) is 0 Å². The van der Waals surface area contributed by atoms with Crippen LogP contribution in [0.1, 0.15) is 12.8 Å². The molecule has 0 aromatic rings. The molecule has 0 aromatic heterocycles. The Balaban J connectivity index is 2.64. The second-order valence-electron chi connectivity index (χ2n) is 2.46. The number of hydrogen-bond donors (Lipinski definition) is 0. The minimum atomic E-state index is -0.0160. The maximum atomic E-state index is 6.00. The zero-order valence-electron chi connectivity index (χ0n) is 5.87. The van der Waals surface area contributed by atoms with Crippen molar-refractivity contribution in [2.24, 2.45) is 0 Å². The predicted molar refractivity (Wildman–Crippen MR) is 45.7 cm³/mol. The summed E-state index contributed by atoms with van der Waals surface area (Å²) in [7, 11) is 0. The molecule has 2 unspecified atom stereocenters. The van der Waals surface area contributed by atoms with Crippen molar-refractivity contribution >= 4 is 23.2 Å². The van der Waals surface area contributed by atoms with Crippen LogP contribution in [0.4, 0.5) is 0 Å². The van der Waals surface area contributed by atoms with E-state index >= 15 is 0 Å². The monoisotopic (exact) mass is 370 g/mol. The summed E-state index contributed by atoms with van der Waals surface area (Å²) in [6, 6.07) is 0. The van der Waals surface area contributed by atoms with Gasteiger partial charge in [-0.1, -0.05) is 0 Å². The topological polar surface area (TPSA) is 0 Å². The summed E-state index contributed by atoms with van der Waals surface area (Å²) in [6.45, 7) is 0. The van der Waals surface area contributed by atoms with Gasteiger partial charge in [0.2, 0.25) is 0 Å². The summed E-state index contributed by atoms with van der Waals surface area (Å²) in [5.41, 5.74) is 0. The van der Waals surface area contributed by atoms with Gasteiger partial charge in [-0.15, -0.1) is 0 Å². The molecule has 0 nitrogen and oxygen atoms in total. The molecule has 65 valence electrons. The molecule has 0 heterocycles. The first-order valence-electron chi connectivity index (χ1n) is 3.48. The first-order valence-corrected chi connectivity index (χ1v) is 5.49. The first kappa shape index (κ1) is 9.83. The van der Waals surface area contributed by atoms with E-state index in [1.165, 1.54) is 3.96 Å². The van der Waals surface area contributed by atoms with Crippen LogP contribution in [0.25, 0.3) is 0 Å². The molecule has 2 atom stereocenters. The first-order chi connectivity index (χ1) is 5.20. The van der Waals surface area contributed by atoms with E-state index in [1.807, 2.05) is 12.2 Å². The van der Waals surface area contributed by atoms with Crippen molar-refractivity contribution in [3.63, 3.8) is 0 Å². The Bertz CT molecular complexity index is 187. The average molecular weight is 371 g/mol. The van der Waals surface area contributed by atoms with Crippen LogP contribution >= 0.6 is 23.2 Å². The van der Waals surface area contributed by atoms with E-state index < -0.39 is 0 Å². The zero-order chi connectivity index (χ0) is 8.27. The molecule has 0 N–H and O–H groups in total. The Kier molecular flexibility index (Phi) is 4.20. The molecular weight excluding hydrogens is 362 g/mol. The summed E-state index contributed by atoms with van der Waals surface area (Å²) < 4.78 is 1.34. The number of alkyl halides is 2. The molecule has 1 aliphatic rings. The third-order valence-electron chi connectivity index (χ3n) is 1.55. The van der Waals surface area contributed by atoms with Gasteiger partial charge in [0.25, 0.3) is 0 Å². The Morgan fingerprint density at radius 2 is 2.18 bits per heavy atom. The number of rotatable bonds is 0. The number of halogens is 2. The van der Waals surface area contributed by atoms with Gasteiger partial charge in [0.15, 0.2) is 0 Å². The van der Waals surface area contributed by atoms with Gasteiger partial charge in [0, 0.05) is 0 Å². The van der Waals surface area contributed by atoms with Crippen LogP contribution in [0, 0.1) is 0 Å². The Morgan fingerprint density at radius 1 is 1.45 bits per heavy atom. The van der Waals surface area contributed by atoms with Gasteiger partial charge in [0.05, 0.1) is 0 Å². The third kappa shape index (κ3) is 3.32. The Hall–Kier alpha value is 0.748. The molecule has 3 heteroatoms. The van der Waals surface area contributed by atoms with Crippen LogP contribution < -0.4 is 0 Å². The molecule has 0 aromatic carbocycles. The molecule has 1 rings (SSSR count). The molecule has 0 amide bonds. The molecule has 0 bridgehead atoms. The normalized spacial score (nSPS) is 32.5. The van der Waals surface area contributed by atoms with E-state index in [0.29, 0.717) is 0 Å². The SMILES string of the molecule is ClC1C=CC=[C]([Pt])CCC1Cl. The molecule has 0 saturated heterocycles. The summed E-state index contributed by atoms with van der Waals surface area (Å²) in [6.07, 6.45) is 8.02. The van der Waals surface area contributed by atoms with Crippen molar-refractivity contribution in [2.45, 2.75) is 23.6 Å². The van der Waals surface area contributed by atoms with E-state index in [1.54, 1.807) is 0 Å². The molecule has 0 saturated carbocycles. The van der Waals surface area contributed by atoms with Gasteiger partial charge in [-0.3, -0.25) is 0 Å². The fourth-order valence-corrected chi connectivity index (χ4v) is 1.84. The van der Waals surface area contributed by atoms with Crippen LogP contribution in [0.15, 0.2) is 22.2 Å². The molecule has 0 aliphatic heterocycles. The zero-order valence-corrected chi connectivity index (χ0v) is 9.66. The van der Waals surface area contributed by atoms with E-state index in [4.69, 9.17) is 23.2 Å². The van der Waals surface area contributed by atoms with Crippen molar-refractivity contribution < 1.29 is 19.8 Å². The Morgan fingerprint density at radius 3 is 2.91 bits per heavy atom. The van der Waals surface area contributed by atoms with Crippen LogP contribution in [0.3, 0.4) is 0 Å². The van der Waals surface area contributed by atoms with Crippen molar-refractivity contribution in [3.8, 4) is 0 Å². The van der Waals surface area contributed by atoms with Gasteiger partial charge >= 0.3 is 88.8 Å². The Labute approximate surface area is 88.5 Å². The van der Waals surface area contributed by atoms with Gasteiger partial charge in [0.1, 0.15) is 0 Å². The summed E-state index contributed by atoms with van der Waals surface area (Å²) in [4.78, 5) is 0. The van der Waals surface area contributed by atoms with Crippen molar-refractivity contribution in [1.82, 2.24) is 0 Å². The molecule has 0 spiro atoms. The molecule has 11 heavy (non-hydrogen) atoms. The third-order valence-corrected chi connectivity index (χ3v) is 3.57. The standard InChI is InChI=1S/C8H9Cl2.Pt/c9-7-5-3-1-2-4-6-8(7)10;/h1,3,5,7-8H,4,6H2;. The summed E-state index contributed by atoms with van der Waals surface area (Å²) >= 11 is 14.2. The van der Waals surface area contributed by atoms with Crippen molar-refractivity contribution in [3.05, 3.63) is 22.2 Å². The van der Waals surface area contributed by atoms with Crippen LogP contribution in [-0.2, 0) is 19.8 Å². The molecule has 0 radical (unpaired) electrons. The predicted octanol–water partition coefficient (Wildman–Crippen LogP) is 2.98. The molecular formula is C8H9Cl2Pt. The second kappa shape index (κ2) is 4.70. The van der Waals surface area contributed by atoms with Gasteiger partial charge in [-0.05, 0) is 0 Å². The fraction of sp³-hybridized carbons (Fsp3) is 0.500. The van der Waals surface area contributed by atoms with E-state index in [2.05, 4.69) is 25.9 Å². The van der Waals surface area contributed by atoms with Crippen molar-refractivity contribution in [1.29, 1.82) is 0 Å². The van der Waals surface area contributed by atoms with Gasteiger partial charge in [-0.2, -0.15) is 0 Å². The number of allylic oxidation sites excluding steroid dienone is 4. The van der Waals surface area contributed by atoms with Crippen LogP contribution in [0.2, 0.25) is 0 Å². The van der Waals surface area contributed by atoms with E-state index in [0.717, 1.165) is 12.8 Å². The minimum absolute atomic E-state index is 0.0160. The van der Waals surface area contributed by atoms with Crippen LogP contribution in [0.5, 0.6) is 0 Å². The number of hydrogen-bond acceptors (Lipinski definition) is 0. The summed E-state index contributed by atoms with van der Waals surface area (Å²) in [5.74, 6) is 0. The van der Waals surface area contributed by atoms with Gasteiger partial charge in [-0.25, -0.2) is 0 Å². The molecule has 0 fully saturated rings. The quantitative estimate of drug-likeness (QED) is 0.575. The fourth-order valence-electron chi connectivity index (χ4n) is 0.890. The van der Waals surface area contributed by atoms with E-state index in [9.17, 15) is 0 Å². The second-order valence-corrected chi connectivity index (χ2v) is 4.98. The van der Waals surface area contributed by atoms with E-state index in [-0.39, 0.29) is 10.8 Å². The average Bonchev–Trinajstić information content (AvgIpc) is 1.98. The summed E-state index contributed by atoms with van der Waals surface area (Å²) in [5, 5.41) is 0.0597. The maximum absolute atomic E-state index is 6.00. The van der Waals surface area contributed by atoms with Gasteiger partial charge < -0.3 is 0 Å².